The number of esters is 1. The number of hydrogen-bond donors (Lipinski definition) is 2. The molecule has 5 nitrogen and oxygen atoms in total. The van der Waals surface area contributed by atoms with E-state index in [1.807, 2.05) is 26.0 Å². The van der Waals surface area contributed by atoms with Gasteiger partial charge in [-0.3, -0.25) is 9.59 Å². The highest BCUT2D eigenvalue weighted by Crippen LogP contribution is 2.22. The predicted molar refractivity (Wildman–Crippen MR) is 86.0 cm³/mol. The summed E-state index contributed by atoms with van der Waals surface area (Å²) in [4.78, 5) is 26.6. The van der Waals surface area contributed by atoms with Gasteiger partial charge in [-0.15, -0.1) is 0 Å². The van der Waals surface area contributed by atoms with Crippen molar-refractivity contribution < 1.29 is 14.3 Å². The van der Waals surface area contributed by atoms with Crippen LogP contribution in [0.5, 0.6) is 0 Å². The minimum atomic E-state index is -0.225. The lowest BCUT2D eigenvalue weighted by Crippen LogP contribution is -2.25. The highest BCUT2D eigenvalue weighted by molar-refractivity contribution is 5.99. The van der Waals surface area contributed by atoms with Gasteiger partial charge in [-0.2, -0.15) is 0 Å². The molecule has 0 fully saturated rings. The van der Waals surface area contributed by atoms with Gasteiger partial charge in [-0.05, 0) is 51.0 Å². The van der Waals surface area contributed by atoms with Gasteiger partial charge in [-0.25, -0.2) is 0 Å². The molecular formula is C17H22N2O3. The number of amides is 1. The number of aryl methyl sites for hydroxylation is 2. The van der Waals surface area contributed by atoms with Gasteiger partial charge in [0, 0.05) is 35.1 Å². The van der Waals surface area contributed by atoms with E-state index in [0.717, 1.165) is 22.2 Å². The van der Waals surface area contributed by atoms with Crippen LogP contribution < -0.4 is 5.32 Å². The molecule has 0 aliphatic carbocycles. The van der Waals surface area contributed by atoms with E-state index < -0.39 is 0 Å². The summed E-state index contributed by atoms with van der Waals surface area (Å²) in [5.74, 6) is -0.347. The lowest BCUT2D eigenvalue weighted by atomic mass is 10.1. The van der Waals surface area contributed by atoms with Crippen molar-refractivity contribution in [3.63, 3.8) is 0 Å². The van der Waals surface area contributed by atoms with Crippen LogP contribution in [0.2, 0.25) is 0 Å². The van der Waals surface area contributed by atoms with Crippen molar-refractivity contribution >= 4 is 22.8 Å². The molecule has 2 N–H and O–H groups in total. The zero-order valence-corrected chi connectivity index (χ0v) is 13.3. The van der Waals surface area contributed by atoms with E-state index >= 15 is 0 Å². The molecule has 1 heterocycles. The Kier molecular flexibility index (Phi) is 5.20. The van der Waals surface area contributed by atoms with Crippen LogP contribution in [0.4, 0.5) is 0 Å². The van der Waals surface area contributed by atoms with E-state index in [2.05, 4.69) is 10.3 Å². The van der Waals surface area contributed by atoms with Gasteiger partial charge in [0.15, 0.2) is 0 Å². The Morgan fingerprint density at radius 1 is 1.27 bits per heavy atom. The van der Waals surface area contributed by atoms with Crippen LogP contribution in [0, 0.1) is 13.8 Å². The quantitative estimate of drug-likeness (QED) is 0.636. The third-order valence-electron chi connectivity index (χ3n) is 3.72. The standard InChI is InChI=1S/C17H22N2O3/c1-4-22-16(20)6-5-9-18-17(21)13-7-8-15-14(10-13)11(2)12(3)19-15/h7-8,10,19H,4-6,9H2,1-3H3,(H,18,21). The molecular weight excluding hydrogens is 280 g/mol. The molecule has 2 rings (SSSR count). The number of fused-ring (bicyclic) bond motifs is 1. The molecule has 118 valence electrons. The smallest absolute Gasteiger partial charge is 0.305 e. The Morgan fingerprint density at radius 2 is 2.05 bits per heavy atom. The van der Waals surface area contributed by atoms with Crippen molar-refractivity contribution in [2.24, 2.45) is 0 Å². The summed E-state index contributed by atoms with van der Waals surface area (Å²) in [5, 5.41) is 3.90. The third-order valence-corrected chi connectivity index (χ3v) is 3.72. The van der Waals surface area contributed by atoms with E-state index in [-0.39, 0.29) is 11.9 Å². The summed E-state index contributed by atoms with van der Waals surface area (Å²) in [7, 11) is 0. The summed E-state index contributed by atoms with van der Waals surface area (Å²) >= 11 is 0. The number of ether oxygens (including phenoxy) is 1. The van der Waals surface area contributed by atoms with Gasteiger partial charge in [0.1, 0.15) is 0 Å². The van der Waals surface area contributed by atoms with Gasteiger partial charge >= 0.3 is 5.97 Å². The molecule has 0 aliphatic heterocycles. The Balaban J connectivity index is 1.92. The molecule has 0 spiro atoms. The van der Waals surface area contributed by atoms with Crippen molar-refractivity contribution in [1.29, 1.82) is 0 Å². The number of aromatic nitrogens is 1. The van der Waals surface area contributed by atoms with Gasteiger partial charge in [0.05, 0.1) is 6.61 Å². The first-order valence-corrected chi connectivity index (χ1v) is 7.55. The fourth-order valence-electron chi connectivity index (χ4n) is 2.37. The van der Waals surface area contributed by atoms with Crippen LogP contribution >= 0.6 is 0 Å². The number of nitrogens with one attached hydrogen (secondary N) is 2. The average molecular weight is 302 g/mol. The monoisotopic (exact) mass is 302 g/mol. The van der Waals surface area contributed by atoms with Crippen LogP contribution in [0.3, 0.4) is 0 Å². The van der Waals surface area contributed by atoms with E-state index in [4.69, 9.17) is 4.74 Å². The van der Waals surface area contributed by atoms with E-state index in [1.54, 1.807) is 13.0 Å². The second-order valence-electron chi connectivity index (χ2n) is 5.30. The molecule has 0 radical (unpaired) electrons. The van der Waals surface area contributed by atoms with Gasteiger partial charge < -0.3 is 15.0 Å². The minimum Gasteiger partial charge on any atom is -0.466 e. The highest BCUT2D eigenvalue weighted by Gasteiger charge is 2.10. The van der Waals surface area contributed by atoms with Crippen molar-refractivity contribution in [3.8, 4) is 0 Å². The molecule has 5 heteroatoms. The maximum absolute atomic E-state index is 12.1. The fraction of sp³-hybridized carbons (Fsp3) is 0.412. The normalized spacial score (nSPS) is 10.7. The molecule has 1 aromatic carbocycles. The zero-order valence-electron chi connectivity index (χ0n) is 13.3. The molecule has 0 saturated heterocycles. The number of carbonyl (C=O) groups is 2. The zero-order chi connectivity index (χ0) is 16.1. The first-order chi connectivity index (χ1) is 10.5. The van der Waals surface area contributed by atoms with Crippen molar-refractivity contribution in [2.45, 2.75) is 33.6 Å². The molecule has 0 saturated carbocycles. The summed E-state index contributed by atoms with van der Waals surface area (Å²) in [6, 6.07) is 5.62. The molecule has 22 heavy (non-hydrogen) atoms. The van der Waals surface area contributed by atoms with E-state index in [0.29, 0.717) is 31.6 Å². The largest absolute Gasteiger partial charge is 0.466 e. The van der Waals surface area contributed by atoms with E-state index in [9.17, 15) is 9.59 Å². The summed E-state index contributed by atoms with van der Waals surface area (Å²) in [6.07, 6.45) is 0.901. The topological polar surface area (TPSA) is 71.2 Å². The van der Waals surface area contributed by atoms with Crippen LogP contribution in [0.15, 0.2) is 18.2 Å². The molecule has 0 aliphatic rings. The second kappa shape index (κ2) is 7.11. The highest BCUT2D eigenvalue weighted by atomic mass is 16.5. The maximum Gasteiger partial charge on any atom is 0.305 e. The number of benzene rings is 1. The molecule has 1 amide bonds. The lowest BCUT2D eigenvalue weighted by Gasteiger charge is -2.06. The minimum absolute atomic E-state index is 0.121. The van der Waals surface area contributed by atoms with Crippen molar-refractivity contribution in [2.75, 3.05) is 13.2 Å². The van der Waals surface area contributed by atoms with Crippen LogP contribution in [0.25, 0.3) is 10.9 Å². The number of hydrogen-bond acceptors (Lipinski definition) is 3. The lowest BCUT2D eigenvalue weighted by molar-refractivity contribution is -0.143. The Hall–Kier alpha value is -2.30. The van der Waals surface area contributed by atoms with Crippen molar-refractivity contribution in [3.05, 3.63) is 35.0 Å². The van der Waals surface area contributed by atoms with Crippen LogP contribution in [0.1, 0.15) is 41.4 Å². The molecule has 0 bridgehead atoms. The predicted octanol–water partition coefficient (Wildman–Crippen LogP) is 2.86. The first-order valence-electron chi connectivity index (χ1n) is 7.55. The molecule has 2 aromatic rings. The maximum atomic E-state index is 12.1. The Labute approximate surface area is 130 Å². The number of aromatic amines is 1. The first kappa shape index (κ1) is 16.1. The van der Waals surface area contributed by atoms with Crippen LogP contribution in [-0.4, -0.2) is 30.0 Å². The number of H-pyrrole nitrogens is 1. The fourth-order valence-corrected chi connectivity index (χ4v) is 2.37. The summed E-state index contributed by atoms with van der Waals surface area (Å²) in [6.45, 7) is 6.68. The summed E-state index contributed by atoms with van der Waals surface area (Å²) < 4.78 is 4.84. The van der Waals surface area contributed by atoms with E-state index in [1.165, 1.54) is 0 Å². The average Bonchev–Trinajstić information content (AvgIpc) is 2.78. The Morgan fingerprint density at radius 3 is 2.77 bits per heavy atom. The van der Waals surface area contributed by atoms with Gasteiger partial charge in [0.2, 0.25) is 0 Å². The molecule has 0 unspecified atom stereocenters. The SMILES string of the molecule is CCOC(=O)CCCNC(=O)c1ccc2[nH]c(C)c(C)c2c1. The second-order valence-corrected chi connectivity index (χ2v) is 5.30. The molecule has 0 atom stereocenters. The third kappa shape index (κ3) is 3.67. The molecule has 1 aromatic heterocycles. The van der Waals surface area contributed by atoms with Crippen LogP contribution in [-0.2, 0) is 9.53 Å². The summed E-state index contributed by atoms with van der Waals surface area (Å²) in [5.41, 5.74) is 3.94. The Bertz CT molecular complexity index is 689. The van der Waals surface area contributed by atoms with Gasteiger partial charge in [-0.1, -0.05) is 0 Å². The van der Waals surface area contributed by atoms with Crippen molar-refractivity contribution in [1.82, 2.24) is 10.3 Å². The van der Waals surface area contributed by atoms with Gasteiger partial charge in [0.25, 0.3) is 5.91 Å². The number of carbonyl (C=O) groups excluding carboxylic acids is 2. The number of rotatable bonds is 6.